The molecule has 1 heterocycles. The first-order valence-corrected chi connectivity index (χ1v) is 4.89. The molecule has 0 aliphatic carbocycles. The van der Waals surface area contributed by atoms with Crippen LogP contribution in [0.15, 0.2) is 23.6 Å². The van der Waals surface area contributed by atoms with Crippen molar-refractivity contribution in [2.45, 2.75) is 0 Å². The third-order valence-corrected chi connectivity index (χ3v) is 2.91. The maximum Gasteiger partial charge on any atom is 0.338 e. The summed E-state index contributed by atoms with van der Waals surface area (Å²) in [6.07, 6.45) is 0. The molecule has 1 aromatic carbocycles. The second kappa shape index (κ2) is 3.31. The molecule has 1 aromatic heterocycles. The van der Waals surface area contributed by atoms with Crippen LogP contribution in [0.2, 0.25) is 0 Å². The van der Waals surface area contributed by atoms with E-state index in [0.29, 0.717) is 5.56 Å². The third kappa shape index (κ3) is 1.33. The van der Waals surface area contributed by atoms with E-state index in [1.807, 2.05) is 11.4 Å². The van der Waals surface area contributed by atoms with Gasteiger partial charge in [-0.1, -0.05) is 0 Å². The minimum Gasteiger partial charge on any atom is -0.506 e. The highest BCUT2D eigenvalue weighted by Gasteiger charge is 2.10. The van der Waals surface area contributed by atoms with Gasteiger partial charge in [-0.15, -0.1) is 11.3 Å². The molecule has 0 radical (unpaired) electrons. The van der Waals surface area contributed by atoms with Crippen molar-refractivity contribution in [2.24, 2.45) is 0 Å². The summed E-state index contributed by atoms with van der Waals surface area (Å²) in [5.41, 5.74) is 0.371. The van der Waals surface area contributed by atoms with Crippen molar-refractivity contribution in [1.82, 2.24) is 0 Å². The molecule has 2 rings (SSSR count). The van der Waals surface area contributed by atoms with E-state index in [4.69, 9.17) is 0 Å². The number of aromatic hydroxyl groups is 1. The van der Waals surface area contributed by atoms with Crippen molar-refractivity contribution in [1.29, 1.82) is 0 Å². The molecule has 14 heavy (non-hydrogen) atoms. The van der Waals surface area contributed by atoms with E-state index in [2.05, 4.69) is 4.74 Å². The largest absolute Gasteiger partial charge is 0.506 e. The van der Waals surface area contributed by atoms with Gasteiger partial charge in [0, 0.05) is 0 Å². The Morgan fingerprint density at radius 1 is 1.50 bits per heavy atom. The standard InChI is InChI=1S/C10H8O3S/c1-13-10(12)7-4-6-2-3-14-9(6)8(11)5-7/h2-5,11H,1H3. The maximum atomic E-state index is 11.2. The highest BCUT2D eigenvalue weighted by Crippen LogP contribution is 2.31. The summed E-state index contributed by atoms with van der Waals surface area (Å²) >= 11 is 1.44. The topological polar surface area (TPSA) is 46.5 Å². The van der Waals surface area contributed by atoms with Crippen molar-refractivity contribution < 1.29 is 14.6 Å². The van der Waals surface area contributed by atoms with Gasteiger partial charge in [-0.3, -0.25) is 0 Å². The van der Waals surface area contributed by atoms with Crippen molar-refractivity contribution in [2.75, 3.05) is 7.11 Å². The third-order valence-electron chi connectivity index (χ3n) is 1.95. The molecular weight excluding hydrogens is 200 g/mol. The van der Waals surface area contributed by atoms with E-state index in [1.54, 1.807) is 6.07 Å². The van der Waals surface area contributed by atoms with Crippen LogP contribution < -0.4 is 0 Å². The minimum atomic E-state index is -0.437. The van der Waals surface area contributed by atoms with Gasteiger partial charge in [0.25, 0.3) is 0 Å². The molecule has 1 N–H and O–H groups in total. The van der Waals surface area contributed by atoms with Crippen LogP contribution in [0.4, 0.5) is 0 Å². The lowest BCUT2D eigenvalue weighted by Crippen LogP contribution is -2.00. The number of carbonyl (C=O) groups is 1. The molecular formula is C10H8O3S. The quantitative estimate of drug-likeness (QED) is 0.732. The average Bonchev–Trinajstić information content (AvgIpc) is 2.64. The van der Waals surface area contributed by atoms with Gasteiger partial charge in [0.1, 0.15) is 5.75 Å². The molecule has 0 atom stereocenters. The molecule has 0 aliphatic rings. The Labute approximate surface area is 84.6 Å². The molecule has 72 valence electrons. The number of hydrogen-bond donors (Lipinski definition) is 1. The summed E-state index contributed by atoms with van der Waals surface area (Å²) in [6, 6.07) is 4.98. The van der Waals surface area contributed by atoms with Crippen LogP contribution in [0, 0.1) is 0 Å². The first-order chi connectivity index (χ1) is 6.72. The van der Waals surface area contributed by atoms with Crippen molar-refractivity contribution in [3.8, 4) is 5.75 Å². The van der Waals surface area contributed by atoms with Gasteiger partial charge in [-0.05, 0) is 29.0 Å². The Balaban J connectivity index is 2.64. The van der Waals surface area contributed by atoms with Crippen molar-refractivity contribution in [3.63, 3.8) is 0 Å². The highest BCUT2D eigenvalue weighted by molar-refractivity contribution is 7.17. The number of benzene rings is 1. The maximum absolute atomic E-state index is 11.2. The Kier molecular flexibility index (Phi) is 2.13. The number of methoxy groups -OCH3 is 1. The second-order valence-corrected chi connectivity index (χ2v) is 3.74. The lowest BCUT2D eigenvalue weighted by atomic mass is 10.1. The van der Waals surface area contributed by atoms with Crippen LogP contribution in [0.5, 0.6) is 5.75 Å². The fourth-order valence-electron chi connectivity index (χ4n) is 1.30. The number of carbonyl (C=O) groups excluding carboxylic acids is 1. The zero-order valence-electron chi connectivity index (χ0n) is 7.48. The van der Waals surface area contributed by atoms with Crippen LogP contribution >= 0.6 is 11.3 Å². The molecule has 0 spiro atoms. The van der Waals surface area contributed by atoms with E-state index in [-0.39, 0.29) is 5.75 Å². The number of phenols is 1. The number of esters is 1. The lowest BCUT2D eigenvalue weighted by molar-refractivity contribution is 0.0600. The summed E-state index contributed by atoms with van der Waals surface area (Å²) in [6.45, 7) is 0. The Morgan fingerprint density at radius 3 is 3.00 bits per heavy atom. The lowest BCUT2D eigenvalue weighted by Gasteiger charge is -2.00. The van der Waals surface area contributed by atoms with Gasteiger partial charge in [-0.2, -0.15) is 0 Å². The van der Waals surface area contributed by atoms with Crippen LogP contribution in [-0.2, 0) is 4.74 Å². The van der Waals surface area contributed by atoms with Crippen LogP contribution in [-0.4, -0.2) is 18.2 Å². The van der Waals surface area contributed by atoms with Gasteiger partial charge in [0.05, 0.1) is 17.4 Å². The second-order valence-electron chi connectivity index (χ2n) is 2.83. The number of phenolic OH excluding ortho intramolecular Hbond substituents is 1. The summed E-state index contributed by atoms with van der Waals surface area (Å²) in [5, 5.41) is 12.3. The number of rotatable bonds is 1. The van der Waals surface area contributed by atoms with Gasteiger partial charge in [0.2, 0.25) is 0 Å². The average molecular weight is 208 g/mol. The zero-order valence-corrected chi connectivity index (χ0v) is 8.30. The molecule has 0 saturated carbocycles. The van der Waals surface area contributed by atoms with E-state index in [0.717, 1.165) is 10.1 Å². The predicted octanol–water partition coefficient (Wildman–Crippen LogP) is 2.39. The molecule has 0 bridgehead atoms. The molecule has 2 aromatic rings. The van der Waals surface area contributed by atoms with Crippen LogP contribution in [0.1, 0.15) is 10.4 Å². The van der Waals surface area contributed by atoms with Crippen molar-refractivity contribution in [3.05, 3.63) is 29.1 Å². The van der Waals surface area contributed by atoms with Crippen LogP contribution in [0.25, 0.3) is 10.1 Å². The SMILES string of the molecule is COC(=O)c1cc(O)c2sccc2c1. The Bertz CT molecular complexity index is 487. The normalized spacial score (nSPS) is 10.4. The Hall–Kier alpha value is -1.55. The van der Waals surface area contributed by atoms with E-state index in [1.165, 1.54) is 24.5 Å². The smallest absolute Gasteiger partial charge is 0.338 e. The monoisotopic (exact) mass is 208 g/mol. The summed E-state index contributed by atoms with van der Waals surface area (Å²) < 4.78 is 5.36. The van der Waals surface area contributed by atoms with Gasteiger partial charge < -0.3 is 9.84 Å². The molecule has 0 unspecified atom stereocenters. The van der Waals surface area contributed by atoms with Crippen molar-refractivity contribution >= 4 is 27.4 Å². The zero-order chi connectivity index (χ0) is 10.1. The molecule has 0 saturated heterocycles. The minimum absolute atomic E-state index is 0.123. The fraction of sp³-hybridized carbons (Fsp3) is 0.100. The van der Waals surface area contributed by atoms with E-state index < -0.39 is 5.97 Å². The predicted molar refractivity (Wildman–Crippen MR) is 54.8 cm³/mol. The first kappa shape index (κ1) is 9.02. The summed E-state index contributed by atoms with van der Waals surface area (Å²) in [5.74, 6) is -0.314. The number of fused-ring (bicyclic) bond motifs is 1. The van der Waals surface area contributed by atoms with E-state index >= 15 is 0 Å². The molecule has 0 fully saturated rings. The molecule has 0 amide bonds. The first-order valence-electron chi connectivity index (χ1n) is 4.01. The summed E-state index contributed by atoms with van der Waals surface area (Å²) in [7, 11) is 1.32. The number of ether oxygens (including phenoxy) is 1. The molecule has 3 nitrogen and oxygen atoms in total. The van der Waals surface area contributed by atoms with Gasteiger partial charge in [-0.25, -0.2) is 4.79 Å². The van der Waals surface area contributed by atoms with E-state index in [9.17, 15) is 9.90 Å². The number of thiophene rings is 1. The molecule has 0 aliphatic heterocycles. The molecule has 4 heteroatoms. The fourth-order valence-corrected chi connectivity index (χ4v) is 2.09. The van der Waals surface area contributed by atoms with Gasteiger partial charge in [0.15, 0.2) is 0 Å². The highest BCUT2D eigenvalue weighted by atomic mass is 32.1. The van der Waals surface area contributed by atoms with Gasteiger partial charge >= 0.3 is 5.97 Å². The van der Waals surface area contributed by atoms with Crippen LogP contribution in [0.3, 0.4) is 0 Å². The number of hydrogen-bond acceptors (Lipinski definition) is 4. The Morgan fingerprint density at radius 2 is 2.29 bits per heavy atom. The summed E-state index contributed by atoms with van der Waals surface area (Å²) in [4.78, 5) is 11.2.